The predicted octanol–water partition coefficient (Wildman–Crippen LogP) is 1.42. The van der Waals surface area contributed by atoms with Crippen molar-refractivity contribution in [3.8, 4) is 0 Å². The van der Waals surface area contributed by atoms with E-state index in [9.17, 15) is 0 Å². The van der Waals surface area contributed by atoms with Gasteiger partial charge in [-0.2, -0.15) is 0 Å². The highest BCUT2D eigenvalue weighted by atomic mass is 16.5. The second kappa shape index (κ2) is 8.98. The van der Waals surface area contributed by atoms with E-state index in [2.05, 4.69) is 29.0 Å². The second-order valence-electron chi connectivity index (χ2n) is 6.68. The van der Waals surface area contributed by atoms with Crippen LogP contribution in [0.15, 0.2) is 0 Å². The lowest BCUT2D eigenvalue weighted by molar-refractivity contribution is 0.0185. The normalized spacial score (nSPS) is 25.6. The zero-order valence-corrected chi connectivity index (χ0v) is 13.4. The first-order chi connectivity index (χ1) is 9.75. The summed E-state index contributed by atoms with van der Waals surface area (Å²) in [4.78, 5) is 5.25. The van der Waals surface area contributed by atoms with Crippen molar-refractivity contribution < 1.29 is 4.74 Å². The van der Waals surface area contributed by atoms with E-state index in [4.69, 9.17) is 4.74 Å². The van der Waals surface area contributed by atoms with Gasteiger partial charge < -0.3 is 15.0 Å². The number of morpholine rings is 1. The Morgan fingerprint density at radius 3 is 2.70 bits per heavy atom. The fourth-order valence-corrected chi connectivity index (χ4v) is 3.25. The molecule has 0 bridgehead atoms. The molecule has 1 N–H and O–H groups in total. The maximum atomic E-state index is 5.44. The van der Waals surface area contributed by atoms with Crippen LogP contribution in [-0.2, 0) is 4.74 Å². The molecule has 1 atom stereocenters. The summed E-state index contributed by atoms with van der Waals surface area (Å²) in [6, 6.07) is 0.778. The van der Waals surface area contributed by atoms with E-state index >= 15 is 0 Å². The van der Waals surface area contributed by atoms with Crippen molar-refractivity contribution in [3.63, 3.8) is 0 Å². The first kappa shape index (κ1) is 16.2. The van der Waals surface area contributed by atoms with Crippen LogP contribution in [0.25, 0.3) is 0 Å². The molecule has 2 saturated heterocycles. The summed E-state index contributed by atoms with van der Waals surface area (Å²) < 4.78 is 5.44. The van der Waals surface area contributed by atoms with Crippen LogP contribution in [0.5, 0.6) is 0 Å². The summed E-state index contributed by atoms with van der Waals surface area (Å²) in [6.07, 6.45) is 4.00. The van der Waals surface area contributed by atoms with Crippen LogP contribution in [-0.4, -0.2) is 74.9 Å². The van der Waals surface area contributed by atoms with Crippen LogP contribution in [0.1, 0.15) is 33.1 Å². The average molecular weight is 283 g/mol. The highest BCUT2D eigenvalue weighted by Gasteiger charge is 2.28. The van der Waals surface area contributed by atoms with Crippen molar-refractivity contribution in [2.24, 2.45) is 5.92 Å². The van der Waals surface area contributed by atoms with Gasteiger partial charge in [0.05, 0.1) is 13.2 Å². The Hall–Kier alpha value is -0.160. The van der Waals surface area contributed by atoms with Crippen molar-refractivity contribution in [1.29, 1.82) is 0 Å². The molecule has 0 spiro atoms. The molecule has 0 aliphatic carbocycles. The minimum Gasteiger partial charge on any atom is -0.379 e. The molecular weight excluding hydrogens is 250 g/mol. The third-order valence-corrected chi connectivity index (χ3v) is 4.55. The molecule has 0 aromatic rings. The largest absolute Gasteiger partial charge is 0.379 e. The van der Waals surface area contributed by atoms with Gasteiger partial charge in [0.1, 0.15) is 0 Å². The minimum atomic E-state index is 0.778. The fourth-order valence-electron chi connectivity index (χ4n) is 3.25. The molecule has 2 heterocycles. The number of likely N-dealkylation sites (tertiary alicyclic amines) is 1. The summed E-state index contributed by atoms with van der Waals surface area (Å²) in [7, 11) is 0. The van der Waals surface area contributed by atoms with Gasteiger partial charge >= 0.3 is 0 Å². The Balaban J connectivity index is 1.50. The summed E-state index contributed by atoms with van der Waals surface area (Å²) in [5.74, 6) is 0.838. The van der Waals surface area contributed by atoms with Gasteiger partial charge in [0.15, 0.2) is 0 Å². The third kappa shape index (κ3) is 5.68. The predicted molar refractivity (Wildman–Crippen MR) is 84.2 cm³/mol. The van der Waals surface area contributed by atoms with E-state index in [1.807, 2.05) is 0 Å². The summed E-state index contributed by atoms with van der Waals surface area (Å²) in [6.45, 7) is 14.8. The topological polar surface area (TPSA) is 27.7 Å². The van der Waals surface area contributed by atoms with Gasteiger partial charge in [0.25, 0.3) is 0 Å². The zero-order valence-electron chi connectivity index (χ0n) is 13.4. The lowest BCUT2D eigenvalue weighted by atomic mass is 10.1. The van der Waals surface area contributed by atoms with Crippen molar-refractivity contribution in [2.45, 2.75) is 39.2 Å². The second-order valence-corrected chi connectivity index (χ2v) is 6.68. The molecule has 2 aliphatic rings. The van der Waals surface area contributed by atoms with E-state index in [-0.39, 0.29) is 0 Å². The van der Waals surface area contributed by atoms with Gasteiger partial charge in [0, 0.05) is 38.8 Å². The SMILES string of the molecule is CC(C)CCCNCCN1CCC(N2CCOCC2)C1. The molecule has 118 valence electrons. The standard InChI is InChI=1S/C16H33N3O/c1-15(2)4-3-6-17-7-9-18-8-5-16(14-18)19-10-12-20-13-11-19/h15-17H,3-14H2,1-2H3. The molecule has 1 unspecified atom stereocenters. The maximum Gasteiger partial charge on any atom is 0.0594 e. The third-order valence-electron chi connectivity index (χ3n) is 4.55. The smallest absolute Gasteiger partial charge is 0.0594 e. The monoisotopic (exact) mass is 283 g/mol. The molecule has 0 aromatic carbocycles. The molecule has 0 aromatic heterocycles. The number of hydrogen-bond donors (Lipinski definition) is 1. The summed E-state index contributed by atoms with van der Waals surface area (Å²) >= 11 is 0. The van der Waals surface area contributed by atoms with Crippen LogP contribution in [0, 0.1) is 5.92 Å². The van der Waals surface area contributed by atoms with E-state index in [1.54, 1.807) is 0 Å². The molecule has 4 nitrogen and oxygen atoms in total. The van der Waals surface area contributed by atoms with E-state index in [1.165, 1.54) is 45.4 Å². The van der Waals surface area contributed by atoms with Crippen LogP contribution in [0.3, 0.4) is 0 Å². The van der Waals surface area contributed by atoms with Gasteiger partial charge in [-0.15, -0.1) is 0 Å². The highest BCUT2D eigenvalue weighted by molar-refractivity contribution is 4.84. The van der Waals surface area contributed by atoms with Crippen LogP contribution >= 0.6 is 0 Å². The Kier molecular flexibility index (Phi) is 7.28. The Morgan fingerprint density at radius 2 is 1.95 bits per heavy atom. The first-order valence-corrected chi connectivity index (χ1v) is 8.50. The number of rotatable bonds is 8. The van der Waals surface area contributed by atoms with Gasteiger partial charge in [-0.3, -0.25) is 4.90 Å². The highest BCUT2D eigenvalue weighted by Crippen LogP contribution is 2.16. The van der Waals surface area contributed by atoms with E-state index < -0.39 is 0 Å². The van der Waals surface area contributed by atoms with Crippen molar-refractivity contribution in [2.75, 3.05) is 59.0 Å². The van der Waals surface area contributed by atoms with Crippen molar-refractivity contribution >= 4 is 0 Å². The minimum absolute atomic E-state index is 0.778. The lowest BCUT2D eigenvalue weighted by Gasteiger charge is -2.32. The Bertz CT molecular complexity index is 254. The zero-order chi connectivity index (χ0) is 14.2. The maximum absolute atomic E-state index is 5.44. The van der Waals surface area contributed by atoms with Gasteiger partial charge in [-0.25, -0.2) is 0 Å². The average Bonchev–Trinajstić information content (AvgIpc) is 2.92. The molecule has 2 rings (SSSR count). The van der Waals surface area contributed by atoms with Gasteiger partial charge in [0.2, 0.25) is 0 Å². The van der Waals surface area contributed by atoms with Gasteiger partial charge in [-0.1, -0.05) is 13.8 Å². The molecular formula is C16H33N3O. The van der Waals surface area contributed by atoms with E-state index in [0.717, 1.165) is 44.8 Å². The molecule has 2 fully saturated rings. The van der Waals surface area contributed by atoms with Crippen LogP contribution in [0.4, 0.5) is 0 Å². The quantitative estimate of drug-likeness (QED) is 0.682. The number of nitrogens with one attached hydrogen (secondary N) is 1. The van der Waals surface area contributed by atoms with Crippen molar-refractivity contribution in [1.82, 2.24) is 15.1 Å². The van der Waals surface area contributed by atoms with Crippen molar-refractivity contribution in [3.05, 3.63) is 0 Å². The summed E-state index contributed by atoms with van der Waals surface area (Å²) in [5, 5.41) is 3.59. The van der Waals surface area contributed by atoms with Crippen LogP contribution < -0.4 is 5.32 Å². The first-order valence-electron chi connectivity index (χ1n) is 8.50. The molecule has 0 amide bonds. The number of hydrogen-bond acceptors (Lipinski definition) is 4. The lowest BCUT2D eigenvalue weighted by Crippen LogP contribution is -2.45. The fraction of sp³-hybridized carbons (Fsp3) is 1.00. The summed E-state index contributed by atoms with van der Waals surface area (Å²) in [5.41, 5.74) is 0. The molecule has 2 aliphatic heterocycles. The molecule has 0 radical (unpaired) electrons. The van der Waals surface area contributed by atoms with Crippen LogP contribution in [0.2, 0.25) is 0 Å². The molecule has 4 heteroatoms. The Labute approximate surface area is 124 Å². The number of nitrogens with zero attached hydrogens (tertiary/aromatic N) is 2. The van der Waals surface area contributed by atoms with E-state index in [0.29, 0.717) is 0 Å². The Morgan fingerprint density at radius 1 is 1.15 bits per heavy atom. The van der Waals surface area contributed by atoms with Gasteiger partial charge in [-0.05, 0) is 38.3 Å². The molecule has 20 heavy (non-hydrogen) atoms. The molecule has 0 saturated carbocycles. The number of ether oxygens (including phenoxy) is 1.